The quantitative estimate of drug-likeness (QED) is 0.795. The van der Waals surface area contributed by atoms with Crippen molar-refractivity contribution in [2.45, 2.75) is 45.1 Å². The number of benzene rings is 1. The molecule has 0 bridgehead atoms. The topological polar surface area (TPSA) is 12.0 Å². The highest BCUT2D eigenvalue weighted by Crippen LogP contribution is 2.28. The molecule has 0 radical (unpaired) electrons. The molecule has 94 valence electrons. The van der Waals surface area contributed by atoms with Gasteiger partial charge in [0.15, 0.2) is 0 Å². The summed E-state index contributed by atoms with van der Waals surface area (Å²) in [5.41, 5.74) is 1.20. The van der Waals surface area contributed by atoms with Crippen molar-refractivity contribution in [2.24, 2.45) is 5.92 Å². The number of hydrogen-bond donors (Lipinski definition) is 1. The summed E-state index contributed by atoms with van der Waals surface area (Å²) in [7, 11) is 0. The highest BCUT2D eigenvalue weighted by Gasteiger charge is 2.16. The second-order valence-corrected chi connectivity index (χ2v) is 5.27. The Bertz CT molecular complexity index is 329. The first kappa shape index (κ1) is 12.6. The predicted molar refractivity (Wildman–Crippen MR) is 69.5 cm³/mol. The Morgan fingerprint density at radius 1 is 1.29 bits per heavy atom. The van der Waals surface area contributed by atoms with E-state index in [-0.39, 0.29) is 5.82 Å². The Morgan fingerprint density at radius 2 is 2.00 bits per heavy atom. The third kappa shape index (κ3) is 4.12. The molecule has 1 fully saturated rings. The summed E-state index contributed by atoms with van der Waals surface area (Å²) in [5.74, 6) is 0.819. The van der Waals surface area contributed by atoms with Crippen molar-refractivity contribution in [1.82, 2.24) is 5.32 Å². The Hall–Kier alpha value is -0.890. The van der Waals surface area contributed by atoms with E-state index >= 15 is 0 Å². The molecule has 2 heteroatoms. The van der Waals surface area contributed by atoms with E-state index in [0.717, 1.165) is 18.9 Å². The van der Waals surface area contributed by atoms with Crippen LogP contribution in [0.4, 0.5) is 4.39 Å². The fourth-order valence-electron chi connectivity index (χ4n) is 2.36. The lowest BCUT2D eigenvalue weighted by molar-refractivity contribution is 0.288. The molecule has 0 amide bonds. The number of halogens is 1. The van der Waals surface area contributed by atoms with Gasteiger partial charge in [0, 0.05) is 6.04 Å². The van der Waals surface area contributed by atoms with Crippen LogP contribution < -0.4 is 5.32 Å². The minimum Gasteiger partial charge on any atom is -0.314 e. The summed E-state index contributed by atoms with van der Waals surface area (Å²) in [6, 6.07) is 7.30. The molecule has 17 heavy (non-hydrogen) atoms. The van der Waals surface area contributed by atoms with Gasteiger partial charge in [-0.15, -0.1) is 0 Å². The molecule has 2 rings (SSSR count). The molecule has 1 saturated carbocycles. The minimum atomic E-state index is -0.153. The van der Waals surface area contributed by atoms with Crippen LogP contribution in [0.5, 0.6) is 0 Å². The maximum atomic E-state index is 12.7. The van der Waals surface area contributed by atoms with E-state index in [1.807, 2.05) is 12.1 Å². The molecule has 1 N–H and O–H groups in total. The van der Waals surface area contributed by atoms with Crippen LogP contribution in [0.3, 0.4) is 0 Å². The van der Waals surface area contributed by atoms with Crippen molar-refractivity contribution in [2.75, 3.05) is 6.54 Å². The van der Waals surface area contributed by atoms with E-state index in [1.54, 1.807) is 0 Å². The number of rotatable bonds is 6. The molecule has 0 aliphatic heterocycles. The van der Waals surface area contributed by atoms with E-state index in [4.69, 9.17) is 0 Å². The third-order valence-electron chi connectivity index (χ3n) is 3.73. The molecule has 1 aliphatic rings. The van der Waals surface area contributed by atoms with E-state index < -0.39 is 0 Å². The van der Waals surface area contributed by atoms with Gasteiger partial charge in [-0.25, -0.2) is 4.39 Å². The maximum Gasteiger partial charge on any atom is 0.123 e. The molecule has 1 unspecified atom stereocenters. The standard InChI is InChI=1S/C15H22FN/c1-12(17-10-9-13-3-2-4-13)11-14-5-7-15(16)8-6-14/h5-8,12-13,17H,2-4,9-11H2,1H3. The third-order valence-corrected chi connectivity index (χ3v) is 3.73. The van der Waals surface area contributed by atoms with Crippen LogP contribution in [0.2, 0.25) is 0 Å². The molecule has 1 nitrogen and oxygen atoms in total. The van der Waals surface area contributed by atoms with Crippen LogP contribution in [0, 0.1) is 11.7 Å². The fourth-order valence-corrected chi connectivity index (χ4v) is 2.36. The molecule has 0 saturated heterocycles. The Labute approximate surface area is 103 Å². The van der Waals surface area contributed by atoms with Crippen LogP contribution in [0.15, 0.2) is 24.3 Å². The normalized spacial score (nSPS) is 17.8. The Morgan fingerprint density at radius 3 is 2.59 bits per heavy atom. The highest BCUT2D eigenvalue weighted by molar-refractivity contribution is 5.16. The summed E-state index contributed by atoms with van der Waals surface area (Å²) in [6.45, 7) is 3.32. The first-order valence-electron chi connectivity index (χ1n) is 6.72. The van der Waals surface area contributed by atoms with Gasteiger partial charge in [0.2, 0.25) is 0 Å². The van der Waals surface area contributed by atoms with E-state index in [2.05, 4.69) is 12.2 Å². The van der Waals surface area contributed by atoms with Gasteiger partial charge in [-0.05, 0) is 49.9 Å². The van der Waals surface area contributed by atoms with Gasteiger partial charge in [0.25, 0.3) is 0 Å². The monoisotopic (exact) mass is 235 g/mol. The molecular formula is C15H22FN. The van der Waals surface area contributed by atoms with Crippen LogP contribution in [-0.4, -0.2) is 12.6 Å². The van der Waals surface area contributed by atoms with Gasteiger partial charge in [0.1, 0.15) is 5.82 Å². The van der Waals surface area contributed by atoms with Crippen molar-refractivity contribution in [1.29, 1.82) is 0 Å². The van der Waals surface area contributed by atoms with Crippen molar-refractivity contribution in [3.05, 3.63) is 35.6 Å². The largest absolute Gasteiger partial charge is 0.314 e. The predicted octanol–water partition coefficient (Wildman–Crippen LogP) is 3.54. The second-order valence-electron chi connectivity index (χ2n) is 5.27. The van der Waals surface area contributed by atoms with Gasteiger partial charge in [0.05, 0.1) is 0 Å². The van der Waals surface area contributed by atoms with E-state index in [0.29, 0.717) is 6.04 Å². The van der Waals surface area contributed by atoms with Gasteiger partial charge in [-0.3, -0.25) is 0 Å². The SMILES string of the molecule is CC(Cc1ccc(F)cc1)NCCC1CCC1. The second kappa shape index (κ2) is 6.15. The molecule has 0 heterocycles. The molecule has 1 aliphatic carbocycles. The van der Waals surface area contributed by atoms with Crippen molar-refractivity contribution >= 4 is 0 Å². The molecule has 0 aromatic heterocycles. The first-order chi connectivity index (χ1) is 8.24. The maximum absolute atomic E-state index is 12.7. The van der Waals surface area contributed by atoms with Gasteiger partial charge >= 0.3 is 0 Å². The van der Waals surface area contributed by atoms with Crippen LogP contribution >= 0.6 is 0 Å². The highest BCUT2D eigenvalue weighted by atomic mass is 19.1. The lowest BCUT2D eigenvalue weighted by atomic mass is 9.83. The Balaban J connectivity index is 1.65. The van der Waals surface area contributed by atoms with E-state index in [1.165, 1.54) is 43.4 Å². The van der Waals surface area contributed by atoms with Crippen LogP contribution in [0.25, 0.3) is 0 Å². The molecule has 0 spiro atoms. The van der Waals surface area contributed by atoms with Crippen molar-refractivity contribution in [3.8, 4) is 0 Å². The summed E-state index contributed by atoms with van der Waals surface area (Å²) in [5, 5.41) is 3.55. The van der Waals surface area contributed by atoms with Gasteiger partial charge in [-0.2, -0.15) is 0 Å². The lowest BCUT2D eigenvalue weighted by Gasteiger charge is -2.26. The molecule has 1 aromatic rings. The zero-order chi connectivity index (χ0) is 12.1. The molecular weight excluding hydrogens is 213 g/mol. The zero-order valence-corrected chi connectivity index (χ0v) is 10.6. The molecule has 1 atom stereocenters. The summed E-state index contributed by atoms with van der Waals surface area (Å²) in [4.78, 5) is 0. The van der Waals surface area contributed by atoms with Gasteiger partial charge in [-0.1, -0.05) is 31.4 Å². The zero-order valence-electron chi connectivity index (χ0n) is 10.6. The average molecular weight is 235 g/mol. The van der Waals surface area contributed by atoms with Gasteiger partial charge < -0.3 is 5.32 Å². The summed E-state index contributed by atoms with van der Waals surface area (Å²) >= 11 is 0. The minimum absolute atomic E-state index is 0.153. The van der Waals surface area contributed by atoms with Crippen molar-refractivity contribution in [3.63, 3.8) is 0 Å². The smallest absolute Gasteiger partial charge is 0.123 e. The first-order valence-corrected chi connectivity index (χ1v) is 6.72. The van der Waals surface area contributed by atoms with Crippen molar-refractivity contribution < 1.29 is 4.39 Å². The van der Waals surface area contributed by atoms with E-state index in [9.17, 15) is 4.39 Å². The molecule has 1 aromatic carbocycles. The summed E-state index contributed by atoms with van der Waals surface area (Å²) < 4.78 is 12.7. The fraction of sp³-hybridized carbons (Fsp3) is 0.600. The number of nitrogens with one attached hydrogen (secondary N) is 1. The Kier molecular flexibility index (Phi) is 4.55. The average Bonchev–Trinajstić information content (AvgIpc) is 2.25. The summed E-state index contributed by atoms with van der Waals surface area (Å²) in [6.07, 6.45) is 6.57. The lowest BCUT2D eigenvalue weighted by Crippen LogP contribution is -2.30. The van der Waals surface area contributed by atoms with Crippen LogP contribution in [0.1, 0.15) is 38.2 Å². The number of hydrogen-bond acceptors (Lipinski definition) is 1. The van der Waals surface area contributed by atoms with Crippen LogP contribution in [-0.2, 0) is 6.42 Å².